The minimum absolute atomic E-state index is 0.107. The highest BCUT2D eigenvalue weighted by atomic mass is 16.7. The van der Waals surface area contributed by atoms with E-state index in [0.29, 0.717) is 35.0 Å². The molecule has 1 aromatic carbocycles. The molecule has 1 N–H and O–H groups in total. The summed E-state index contributed by atoms with van der Waals surface area (Å²) in [6.07, 6.45) is 2.16. The molecule has 26 heavy (non-hydrogen) atoms. The molecule has 140 valence electrons. The number of rotatable bonds is 6. The van der Waals surface area contributed by atoms with Gasteiger partial charge in [-0.25, -0.2) is 0 Å². The number of piperidine rings is 1. The molecule has 0 aromatic heterocycles. The molecule has 2 aliphatic heterocycles. The van der Waals surface area contributed by atoms with Crippen molar-refractivity contribution in [1.82, 2.24) is 4.90 Å². The van der Waals surface area contributed by atoms with Crippen molar-refractivity contribution in [3.8, 4) is 11.5 Å². The van der Waals surface area contributed by atoms with Gasteiger partial charge in [-0.3, -0.25) is 19.3 Å². The number of nitrogens with zero attached hydrogens (tertiary/aromatic N) is 1. The number of anilines is 1. The van der Waals surface area contributed by atoms with Crippen LogP contribution in [0, 0.1) is 5.92 Å². The van der Waals surface area contributed by atoms with Crippen LogP contribution in [-0.4, -0.2) is 48.8 Å². The van der Waals surface area contributed by atoms with Gasteiger partial charge in [0.1, 0.15) is 5.78 Å². The highest BCUT2D eigenvalue weighted by Crippen LogP contribution is 2.37. The van der Waals surface area contributed by atoms with Crippen LogP contribution in [0.15, 0.2) is 12.1 Å². The summed E-state index contributed by atoms with van der Waals surface area (Å²) < 4.78 is 10.6. The van der Waals surface area contributed by atoms with Crippen molar-refractivity contribution in [2.24, 2.45) is 5.92 Å². The van der Waals surface area contributed by atoms with E-state index < -0.39 is 0 Å². The predicted molar refractivity (Wildman–Crippen MR) is 95.7 cm³/mol. The molecule has 3 rings (SSSR count). The smallest absolute Gasteiger partial charge is 0.238 e. The molecule has 2 aliphatic rings. The molecule has 0 atom stereocenters. The number of hydrogen-bond donors (Lipinski definition) is 1. The summed E-state index contributed by atoms with van der Waals surface area (Å²) in [6.45, 7) is 5.13. The minimum Gasteiger partial charge on any atom is -0.454 e. The Kier molecular flexibility index (Phi) is 5.56. The third kappa shape index (κ3) is 4.04. The van der Waals surface area contributed by atoms with Gasteiger partial charge in [-0.2, -0.15) is 0 Å². The van der Waals surface area contributed by atoms with Crippen LogP contribution in [0.2, 0.25) is 0 Å². The van der Waals surface area contributed by atoms with Crippen molar-refractivity contribution in [3.05, 3.63) is 17.7 Å². The fraction of sp³-hybridized carbons (Fsp3) is 0.526. The molecule has 7 heteroatoms. The van der Waals surface area contributed by atoms with Crippen LogP contribution >= 0.6 is 0 Å². The first-order valence-electron chi connectivity index (χ1n) is 8.97. The summed E-state index contributed by atoms with van der Waals surface area (Å²) in [4.78, 5) is 38.1. The van der Waals surface area contributed by atoms with Gasteiger partial charge in [0.25, 0.3) is 0 Å². The van der Waals surface area contributed by atoms with E-state index in [1.165, 1.54) is 6.92 Å². The molecule has 0 bridgehead atoms. The van der Waals surface area contributed by atoms with Gasteiger partial charge < -0.3 is 14.8 Å². The Morgan fingerprint density at radius 3 is 2.42 bits per heavy atom. The van der Waals surface area contributed by atoms with Crippen LogP contribution < -0.4 is 14.8 Å². The topological polar surface area (TPSA) is 84.9 Å². The number of amides is 1. The number of likely N-dealkylation sites (tertiary alicyclic amines) is 1. The first-order valence-corrected chi connectivity index (χ1v) is 8.97. The van der Waals surface area contributed by atoms with E-state index in [1.807, 2.05) is 11.8 Å². The van der Waals surface area contributed by atoms with Gasteiger partial charge in [0, 0.05) is 24.0 Å². The normalized spacial score (nSPS) is 17.2. The number of ketones is 2. The zero-order valence-corrected chi connectivity index (χ0v) is 15.2. The summed E-state index contributed by atoms with van der Waals surface area (Å²) in [7, 11) is 0. The first-order chi connectivity index (χ1) is 12.5. The molecule has 7 nitrogen and oxygen atoms in total. The number of nitrogens with one attached hydrogen (secondary N) is 1. The van der Waals surface area contributed by atoms with E-state index in [1.54, 1.807) is 12.1 Å². The van der Waals surface area contributed by atoms with Crippen LogP contribution in [0.25, 0.3) is 0 Å². The van der Waals surface area contributed by atoms with Crippen LogP contribution in [-0.2, 0) is 9.59 Å². The van der Waals surface area contributed by atoms with E-state index in [0.717, 1.165) is 25.9 Å². The predicted octanol–water partition coefficient (Wildman–Crippen LogP) is 2.25. The molecule has 0 saturated carbocycles. The van der Waals surface area contributed by atoms with Crippen LogP contribution in [0.3, 0.4) is 0 Å². The maximum atomic E-state index is 12.4. The van der Waals surface area contributed by atoms with E-state index in [9.17, 15) is 14.4 Å². The molecular weight excluding hydrogens is 336 g/mol. The van der Waals surface area contributed by atoms with Gasteiger partial charge in [-0.05, 0) is 38.9 Å². The van der Waals surface area contributed by atoms with Crippen molar-refractivity contribution in [2.75, 3.05) is 31.7 Å². The van der Waals surface area contributed by atoms with Gasteiger partial charge >= 0.3 is 0 Å². The Labute approximate surface area is 152 Å². The Hall–Kier alpha value is -2.41. The Morgan fingerprint density at radius 1 is 1.15 bits per heavy atom. The second-order valence-electron chi connectivity index (χ2n) is 6.73. The van der Waals surface area contributed by atoms with Crippen molar-refractivity contribution in [3.63, 3.8) is 0 Å². The van der Waals surface area contributed by atoms with E-state index in [2.05, 4.69) is 5.32 Å². The monoisotopic (exact) mass is 360 g/mol. The molecule has 0 unspecified atom stereocenters. The molecule has 1 fully saturated rings. The highest BCUT2D eigenvalue weighted by Gasteiger charge is 2.25. The SMILES string of the molecule is CCC(=O)C1CCN(CC(=O)Nc2cc3c(cc2C(C)=O)OCO3)CC1. The molecule has 1 aromatic rings. The summed E-state index contributed by atoms with van der Waals surface area (Å²) in [5, 5.41) is 2.81. The summed E-state index contributed by atoms with van der Waals surface area (Å²) >= 11 is 0. The Bertz CT molecular complexity index is 723. The first kappa shape index (κ1) is 18.4. The second kappa shape index (κ2) is 7.86. The van der Waals surface area contributed by atoms with Crippen molar-refractivity contribution >= 4 is 23.2 Å². The number of benzene rings is 1. The van der Waals surface area contributed by atoms with E-state index >= 15 is 0 Å². The van der Waals surface area contributed by atoms with Gasteiger partial charge in [-0.1, -0.05) is 6.92 Å². The third-order valence-corrected chi connectivity index (χ3v) is 4.92. The Morgan fingerprint density at radius 2 is 1.81 bits per heavy atom. The van der Waals surface area contributed by atoms with Crippen LogP contribution in [0.5, 0.6) is 11.5 Å². The minimum atomic E-state index is -0.188. The molecule has 0 spiro atoms. The maximum absolute atomic E-state index is 12.4. The van der Waals surface area contributed by atoms with Gasteiger partial charge in [-0.15, -0.1) is 0 Å². The largest absolute Gasteiger partial charge is 0.454 e. The lowest BCUT2D eigenvalue weighted by Gasteiger charge is -2.30. The molecule has 0 radical (unpaired) electrons. The highest BCUT2D eigenvalue weighted by molar-refractivity contribution is 6.05. The quantitative estimate of drug-likeness (QED) is 0.783. The standard InChI is InChI=1S/C19H24N2O5/c1-3-16(23)13-4-6-21(7-5-13)10-19(24)20-15-9-18-17(25-11-26-18)8-14(15)12(2)22/h8-9,13H,3-7,10-11H2,1-2H3,(H,20,24). The molecular formula is C19H24N2O5. The number of Topliss-reactive ketones (excluding diaryl/α,β-unsaturated/α-hetero) is 2. The maximum Gasteiger partial charge on any atom is 0.238 e. The summed E-state index contributed by atoms with van der Waals surface area (Å²) in [6, 6.07) is 3.23. The molecule has 1 amide bonds. The summed E-state index contributed by atoms with van der Waals surface area (Å²) in [5.41, 5.74) is 0.831. The van der Waals surface area contributed by atoms with E-state index in [4.69, 9.17) is 9.47 Å². The zero-order chi connectivity index (χ0) is 18.7. The Balaban J connectivity index is 1.61. The average Bonchev–Trinajstić information content (AvgIpc) is 3.08. The van der Waals surface area contributed by atoms with Crippen LogP contribution in [0.4, 0.5) is 5.69 Å². The lowest BCUT2D eigenvalue weighted by atomic mass is 9.91. The number of ether oxygens (including phenoxy) is 2. The molecule has 0 aliphatic carbocycles. The van der Waals surface area contributed by atoms with Crippen LogP contribution in [0.1, 0.15) is 43.5 Å². The van der Waals surface area contributed by atoms with Gasteiger partial charge in [0.05, 0.1) is 12.2 Å². The number of carbonyl (C=O) groups excluding carboxylic acids is 3. The van der Waals surface area contributed by atoms with Gasteiger partial charge in [0.15, 0.2) is 17.3 Å². The molecule has 2 heterocycles. The third-order valence-electron chi connectivity index (χ3n) is 4.92. The average molecular weight is 360 g/mol. The van der Waals surface area contributed by atoms with Crippen molar-refractivity contribution < 1.29 is 23.9 Å². The lowest BCUT2D eigenvalue weighted by Crippen LogP contribution is -2.40. The van der Waals surface area contributed by atoms with E-state index in [-0.39, 0.29) is 30.9 Å². The second-order valence-corrected chi connectivity index (χ2v) is 6.73. The summed E-state index contributed by atoms with van der Waals surface area (Å²) in [5.74, 6) is 1.11. The number of hydrogen-bond acceptors (Lipinski definition) is 6. The fourth-order valence-electron chi connectivity index (χ4n) is 3.43. The lowest BCUT2D eigenvalue weighted by molar-refractivity contribution is -0.124. The number of carbonyl (C=O) groups is 3. The van der Waals surface area contributed by atoms with Crippen molar-refractivity contribution in [2.45, 2.75) is 33.1 Å². The fourth-order valence-corrected chi connectivity index (χ4v) is 3.43. The molecule has 1 saturated heterocycles. The van der Waals surface area contributed by atoms with Crippen molar-refractivity contribution in [1.29, 1.82) is 0 Å². The zero-order valence-electron chi connectivity index (χ0n) is 15.2. The number of fused-ring (bicyclic) bond motifs is 1. The van der Waals surface area contributed by atoms with Gasteiger partial charge in [0.2, 0.25) is 12.7 Å².